The monoisotopic (exact) mass is 248 g/mol. The summed E-state index contributed by atoms with van der Waals surface area (Å²) in [5.74, 6) is 0.298. The van der Waals surface area contributed by atoms with Crippen molar-refractivity contribution < 1.29 is 8.78 Å². The summed E-state index contributed by atoms with van der Waals surface area (Å²) in [7, 11) is 0. The van der Waals surface area contributed by atoms with E-state index in [1.54, 1.807) is 23.9 Å². The number of fused-ring (bicyclic) bond motifs is 2. The van der Waals surface area contributed by atoms with E-state index in [0.717, 1.165) is 21.6 Å². The van der Waals surface area contributed by atoms with Crippen molar-refractivity contribution in [3.63, 3.8) is 0 Å². The molecule has 1 aliphatic rings. The van der Waals surface area contributed by atoms with Crippen molar-refractivity contribution in [2.24, 2.45) is 0 Å². The first-order valence-corrected chi connectivity index (χ1v) is 6.40. The molecule has 0 N–H and O–H groups in total. The summed E-state index contributed by atoms with van der Waals surface area (Å²) in [5.41, 5.74) is 2.75. The SMILES string of the molecule is Fc1ccc2c(c1)SCc1cccc(F)c1C2. The molecule has 0 saturated carbocycles. The van der Waals surface area contributed by atoms with Gasteiger partial charge in [0.05, 0.1) is 0 Å². The first kappa shape index (κ1) is 10.8. The van der Waals surface area contributed by atoms with Crippen LogP contribution in [0.4, 0.5) is 8.78 Å². The zero-order valence-corrected chi connectivity index (χ0v) is 9.86. The normalized spacial score (nSPS) is 13.8. The van der Waals surface area contributed by atoms with Crippen LogP contribution in [-0.4, -0.2) is 0 Å². The molecule has 0 fully saturated rings. The van der Waals surface area contributed by atoms with E-state index in [1.165, 1.54) is 18.2 Å². The molecule has 0 aliphatic carbocycles. The third-order valence-corrected chi connectivity index (χ3v) is 4.14. The molecule has 0 amide bonds. The van der Waals surface area contributed by atoms with Crippen molar-refractivity contribution in [1.29, 1.82) is 0 Å². The van der Waals surface area contributed by atoms with Gasteiger partial charge in [-0.1, -0.05) is 18.2 Å². The number of benzene rings is 2. The second-order valence-electron chi connectivity index (χ2n) is 4.10. The minimum Gasteiger partial charge on any atom is -0.207 e. The highest BCUT2D eigenvalue weighted by atomic mass is 32.2. The predicted octanol–water partition coefficient (Wildman–Crippen LogP) is 4.16. The van der Waals surface area contributed by atoms with Crippen LogP contribution in [0.15, 0.2) is 41.3 Å². The van der Waals surface area contributed by atoms with Crippen molar-refractivity contribution in [3.8, 4) is 0 Å². The van der Waals surface area contributed by atoms with E-state index in [0.29, 0.717) is 12.2 Å². The summed E-state index contributed by atoms with van der Waals surface area (Å²) >= 11 is 1.57. The van der Waals surface area contributed by atoms with Gasteiger partial charge in [0.2, 0.25) is 0 Å². The Balaban J connectivity index is 2.12. The summed E-state index contributed by atoms with van der Waals surface area (Å²) in [6, 6.07) is 9.87. The van der Waals surface area contributed by atoms with Gasteiger partial charge < -0.3 is 0 Å². The van der Waals surface area contributed by atoms with Crippen molar-refractivity contribution in [2.45, 2.75) is 17.1 Å². The summed E-state index contributed by atoms with van der Waals surface area (Å²) in [5, 5.41) is 0. The lowest BCUT2D eigenvalue weighted by Gasteiger charge is -2.06. The molecule has 0 nitrogen and oxygen atoms in total. The first-order valence-electron chi connectivity index (χ1n) is 5.41. The molecule has 0 saturated heterocycles. The van der Waals surface area contributed by atoms with E-state index in [4.69, 9.17) is 0 Å². The second kappa shape index (κ2) is 4.15. The Morgan fingerprint density at radius 2 is 1.88 bits per heavy atom. The Morgan fingerprint density at radius 3 is 2.76 bits per heavy atom. The van der Waals surface area contributed by atoms with Gasteiger partial charge in [0.15, 0.2) is 0 Å². The fraction of sp³-hybridized carbons (Fsp3) is 0.143. The van der Waals surface area contributed by atoms with E-state index in [-0.39, 0.29) is 11.6 Å². The van der Waals surface area contributed by atoms with Crippen molar-refractivity contribution in [2.75, 3.05) is 0 Å². The summed E-state index contributed by atoms with van der Waals surface area (Å²) in [6.45, 7) is 0. The number of hydrogen-bond donors (Lipinski definition) is 0. The Morgan fingerprint density at radius 1 is 1.00 bits per heavy atom. The minimum absolute atomic E-state index is 0.166. The van der Waals surface area contributed by atoms with E-state index in [9.17, 15) is 8.78 Å². The van der Waals surface area contributed by atoms with Crippen molar-refractivity contribution >= 4 is 11.8 Å². The van der Waals surface area contributed by atoms with E-state index < -0.39 is 0 Å². The lowest BCUT2D eigenvalue weighted by molar-refractivity contribution is 0.610. The third-order valence-electron chi connectivity index (χ3n) is 3.00. The molecule has 1 heterocycles. The molecular weight excluding hydrogens is 238 g/mol. The minimum atomic E-state index is -0.234. The van der Waals surface area contributed by atoms with Gasteiger partial charge in [-0.05, 0) is 34.9 Å². The number of rotatable bonds is 0. The zero-order chi connectivity index (χ0) is 11.8. The predicted molar refractivity (Wildman–Crippen MR) is 65.2 cm³/mol. The molecule has 0 bridgehead atoms. The van der Waals surface area contributed by atoms with Gasteiger partial charge in [0.1, 0.15) is 11.6 Å². The highest BCUT2D eigenvalue weighted by Gasteiger charge is 2.16. The van der Waals surface area contributed by atoms with Gasteiger partial charge in [-0.3, -0.25) is 0 Å². The Kier molecular flexibility index (Phi) is 2.63. The maximum atomic E-state index is 13.7. The number of halogens is 2. The zero-order valence-electron chi connectivity index (χ0n) is 9.04. The molecule has 3 rings (SSSR count). The quantitative estimate of drug-likeness (QED) is 0.674. The number of thioether (sulfide) groups is 1. The van der Waals surface area contributed by atoms with Crippen LogP contribution in [-0.2, 0) is 12.2 Å². The smallest absolute Gasteiger partial charge is 0.127 e. The van der Waals surface area contributed by atoms with Gasteiger partial charge in [-0.15, -0.1) is 11.8 Å². The molecule has 0 radical (unpaired) electrons. The average molecular weight is 248 g/mol. The lowest BCUT2D eigenvalue weighted by atomic mass is 10.00. The Labute approximate surface area is 103 Å². The van der Waals surface area contributed by atoms with Crippen LogP contribution in [0.3, 0.4) is 0 Å². The highest BCUT2D eigenvalue weighted by molar-refractivity contribution is 7.98. The lowest BCUT2D eigenvalue weighted by Crippen LogP contribution is -1.96. The van der Waals surface area contributed by atoms with E-state index in [1.807, 2.05) is 6.07 Å². The topological polar surface area (TPSA) is 0 Å². The molecule has 2 aromatic rings. The average Bonchev–Trinajstić information content (AvgIpc) is 2.49. The van der Waals surface area contributed by atoms with E-state index >= 15 is 0 Å². The van der Waals surface area contributed by atoms with Crippen LogP contribution in [0.1, 0.15) is 16.7 Å². The fourth-order valence-electron chi connectivity index (χ4n) is 2.09. The van der Waals surface area contributed by atoms with Crippen LogP contribution in [0.2, 0.25) is 0 Å². The van der Waals surface area contributed by atoms with Gasteiger partial charge >= 0.3 is 0 Å². The van der Waals surface area contributed by atoms with Crippen LogP contribution < -0.4 is 0 Å². The van der Waals surface area contributed by atoms with Gasteiger partial charge in [-0.2, -0.15) is 0 Å². The Bertz CT molecular complexity index is 578. The molecule has 0 unspecified atom stereocenters. The third kappa shape index (κ3) is 1.95. The second-order valence-corrected chi connectivity index (χ2v) is 5.11. The molecule has 0 spiro atoms. The maximum absolute atomic E-state index is 13.7. The van der Waals surface area contributed by atoms with E-state index in [2.05, 4.69) is 0 Å². The van der Waals surface area contributed by atoms with Gasteiger partial charge in [0.25, 0.3) is 0 Å². The molecule has 2 aromatic carbocycles. The van der Waals surface area contributed by atoms with Gasteiger partial charge in [0, 0.05) is 17.1 Å². The van der Waals surface area contributed by atoms with Crippen LogP contribution in [0, 0.1) is 11.6 Å². The molecule has 86 valence electrons. The highest BCUT2D eigenvalue weighted by Crippen LogP contribution is 2.34. The molecular formula is C14H10F2S. The van der Waals surface area contributed by atoms with Crippen LogP contribution in [0.5, 0.6) is 0 Å². The van der Waals surface area contributed by atoms with Crippen LogP contribution >= 0.6 is 11.8 Å². The first-order chi connectivity index (χ1) is 8.24. The molecule has 3 heteroatoms. The van der Waals surface area contributed by atoms with Crippen molar-refractivity contribution in [3.05, 3.63) is 64.7 Å². The van der Waals surface area contributed by atoms with Crippen LogP contribution in [0.25, 0.3) is 0 Å². The molecule has 1 aliphatic heterocycles. The fourth-order valence-corrected chi connectivity index (χ4v) is 3.19. The summed E-state index contributed by atoms with van der Waals surface area (Å²) in [4.78, 5) is 0.917. The molecule has 0 atom stereocenters. The molecule has 0 aromatic heterocycles. The summed E-state index contributed by atoms with van der Waals surface area (Å²) < 4.78 is 26.9. The maximum Gasteiger partial charge on any atom is 0.127 e. The summed E-state index contributed by atoms with van der Waals surface area (Å²) in [6.07, 6.45) is 0.546. The standard InChI is InChI=1S/C14H10F2S/c15-11-5-4-9-6-12-10(2-1-3-13(12)16)8-17-14(9)7-11/h1-5,7H,6,8H2. The van der Waals surface area contributed by atoms with Gasteiger partial charge in [-0.25, -0.2) is 8.78 Å². The largest absolute Gasteiger partial charge is 0.207 e. The number of hydrogen-bond acceptors (Lipinski definition) is 1. The van der Waals surface area contributed by atoms with Crippen molar-refractivity contribution in [1.82, 2.24) is 0 Å². The molecule has 17 heavy (non-hydrogen) atoms. The Hall–Kier alpha value is -1.35.